The van der Waals surface area contributed by atoms with Gasteiger partial charge in [0.1, 0.15) is 5.69 Å². The Morgan fingerprint density at radius 1 is 1.17 bits per heavy atom. The van der Waals surface area contributed by atoms with Gasteiger partial charge >= 0.3 is 0 Å². The van der Waals surface area contributed by atoms with Crippen LogP contribution in [-0.2, 0) is 14.3 Å². The molecular weight excluding hydrogens is 394 g/mol. The second-order valence-electron chi connectivity index (χ2n) is 8.40. The van der Waals surface area contributed by atoms with Crippen molar-refractivity contribution in [3.05, 3.63) is 11.1 Å². The van der Waals surface area contributed by atoms with Crippen LogP contribution in [0.3, 0.4) is 0 Å². The van der Waals surface area contributed by atoms with Gasteiger partial charge < -0.3 is 14.5 Å². The number of amides is 3. The predicted molar refractivity (Wildman–Crippen MR) is 110 cm³/mol. The summed E-state index contributed by atoms with van der Waals surface area (Å²) in [5.74, 6) is -1.03. The molecule has 0 bridgehead atoms. The van der Waals surface area contributed by atoms with Crippen LogP contribution < -0.4 is 15.8 Å². The first-order valence-corrected chi connectivity index (χ1v) is 10.8. The molecule has 3 amide bonds. The number of carbonyl (C=O) groups excluding carboxylic acids is 3. The highest BCUT2D eigenvalue weighted by molar-refractivity contribution is 7.13. The lowest BCUT2D eigenvalue weighted by atomic mass is 9.91. The van der Waals surface area contributed by atoms with Gasteiger partial charge in [0, 0.05) is 37.0 Å². The standard InChI is InChI=1S/C19H29N5O4S/c1-19(2,3)17(27)24-6-4-5-13(11-24)15(25)21-22-16(26)14-12-29-18(20-14)23-7-9-28-10-8-23/h12-13H,4-11H2,1-3H3,(H,21,25)(H,22,26). The lowest BCUT2D eigenvalue weighted by Gasteiger charge is -2.35. The number of aromatic nitrogens is 1. The van der Waals surface area contributed by atoms with Gasteiger partial charge in [-0.15, -0.1) is 11.3 Å². The number of rotatable bonds is 3. The molecule has 1 unspecified atom stereocenters. The van der Waals surface area contributed by atoms with E-state index in [-0.39, 0.29) is 23.4 Å². The molecule has 3 rings (SSSR count). The van der Waals surface area contributed by atoms with Crippen LogP contribution in [0.4, 0.5) is 5.13 Å². The molecule has 2 aliphatic heterocycles. The molecule has 3 heterocycles. The van der Waals surface area contributed by atoms with E-state index in [4.69, 9.17) is 4.74 Å². The van der Waals surface area contributed by atoms with Crippen molar-refractivity contribution in [1.29, 1.82) is 0 Å². The second-order valence-corrected chi connectivity index (χ2v) is 9.23. The molecule has 0 radical (unpaired) electrons. The molecule has 0 spiro atoms. The molecule has 1 aromatic rings. The highest BCUT2D eigenvalue weighted by Crippen LogP contribution is 2.24. The molecule has 0 saturated carbocycles. The summed E-state index contributed by atoms with van der Waals surface area (Å²) in [6, 6.07) is 0. The molecule has 9 nitrogen and oxygen atoms in total. The lowest BCUT2D eigenvalue weighted by molar-refractivity contribution is -0.143. The normalized spacial score (nSPS) is 20.3. The molecule has 10 heteroatoms. The number of likely N-dealkylation sites (tertiary alicyclic amines) is 1. The summed E-state index contributed by atoms with van der Waals surface area (Å²) in [6.45, 7) is 9.44. The molecular formula is C19H29N5O4S. The fourth-order valence-electron chi connectivity index (χ4n) is 3.40. The summed E-state index contributed by atoms with van der Waals surface area (Å²) in [7, 11) is 0. The molecule has 160 valence electrons. The van der Waals surface area contributed by atoms with Gasteiger partial charge in [-0.2, -0.15) is 0 Å². The van der Waals surface area contributed by atoms with E-state index in [1.54, 1.807) is 10.3 Å². The van der Waals surface area contributed by atoms with Gasteiger partial charge in [-0.3, -0.25) is 25.2 Å². The maximum Gasteiger partial charge on any atom is 0.289 e. The summed E-state index contributed by atoms with van der Waals surface area (Å²) >= 11 is 1.39. The first-order valence-electron chi connectivity index (χ1n) is 9.93. The number of hydrazine groups is 1. The number of anilines is 1. The second kappa shape index (κ2) is 9.08. The summed E-state index contributed by atoms with van der Waals surface area (Å²) in [6.07, 6.45) is 1.45. The number of hydrogen-bond donors (Lipinski definition) is 2. The Balaban J connectivity index is 1.50. The summed E-state index contributed by atoms with van der Waals surface area (Å²) in [4.78, 5) is 45.5. The quantitative estimate of drug-likeness (QED) is 0.704. The van der Waals surface area contributed by atoms with Gasteiger partial charge in [-0.1, -0.05) is 20.8 Å². The maximum absolute atomic E-state index is 12.5. The van der Waals surface area contributed by atoms with Gasteiger partial charge in [0.2, 0.25) is 11.8 Å². The van der Waals surface area contributed by atoms with Gasteiger partial charge in [-0.05, 0) is 12.8 Å². The van der Waals surface area contributed by atoms with Gasteiger partial charge in [-0.25, -0.2) is 4.98 Å². The van der Waals surface area contributed by atoms with E-state index >= 15 is 0 Å². The Labute approximate surface area is 174 Å². The van der Waals surface area contributed by atoms with Crippen LogP contribution in [-0.4, -0.2) is 67.0 Å². The van der Waals surface area contributed by atoms with Crippen LogP contribution in [0.5, 0.6) is 0 Å². The molecule has 2 fully saturated rings. The monoisotopic (exact) mass is 423 g/mol. The van der Waals surface area contributed by atoms with Crippen LogP contribution >= 0.6 is 11.3 Å². The average Bonchev–Trinajstić information content (AvgIpc) is 3.21. The third kappa shape index (κ3) is 5.45. The predicted octanol–water partition coefficient (Wildman–Crippen LogP) is 1.03. The molecule has 0 aromatic carbocycles. The first-order chi connectivity index (χ1) is 13.8. The Kier molecular flexibility index (Phi) is 6.74. The molecule has 2 N–H and O–H groups in total. The Hall–Kier alpha value is -2.20. The summed E-state index contributed by atoms with van der Waals surface area (Å²) in [5, 5.41) is 2.45. The number of nitrogens with one attached hydrogen (secondary N) is 2. The highest BCUT2D eigenvalue weighted by atomic mass is 32.1. The zero-order valence-electron chi connectivity index (χ0n) is 17.2. The molecule has 1 aromatic heterocycles. The van der Waals surface area contributed by atoms with Gasteiger partial charge in [0.05, 0.1) is 19.1 Å². The van der Waals surface area contributed by atoms with Crippen molar-refractivity contribution < 1.29 is 19.1 Å². The number of hydrogen-bond acceptors (Lipinski definition) is 7. The summed E-state index contributed by atoms with van der Waals surface area (Å²) < 4.78 is 5.32. The molecule has 1 atom stereocenters. The average molecular weight is 424 g/mol. The molecule has 29 heavy (non-hydrogen) atoms. The number of nitrogens with zero attached hydrogens (tertiary/aromatic N) is 3. The van der Waals surface area contributed by atoms with E-state index in [1.807, 2.05) is 20.8 Å². The van der Waals surface area contributed by atoms with Crippen molar-refractivity contribution in [3.63, 3.8) is 0 Å². The third-order valence-corrected chi connectivity index (χ3v) is 5.93. The van der Waals surface area contributed by atoms with Crippen LogP contribution in [0.15, 0.2) is 5.38 Å². The Bertz CT molecular complexity index is 754. The molecule has 2 aliphatic rings. The van der Waals surface area contributed by atoms with Crippen LogP contribution in [0, 0.1) is 11.3 Å². The number of thiazole rings is 1. The van der Waals surface area contributed by atoms with Crippen LogP contribution in [0.25, 0.3) is 0 Å². The van der Waals surface area contributed by atoms with E-state index < -0.39 is 11.3 Å². The van der Waals surface area contributed by atoms with Crippen molar-refractivity contribution in [3.8, 4) is 0 Å². The zero-order chi connectivity index (χ0) is 21.0. The van der Waals surface area contributed by atoms with E-state index in [0.29, 0.717) is 32.7 Å². The SMILES string of the molecule is CC(C)(C)C(=O)N1CCCC(C(=O)NNC(=O)c2csc(N3CCOCC3)n2)C1. The highest BCUT2D eigenvalue weighted by Gasteiger charge is 2.33. The van der Waals surface area contributed by atoms with E-state index in [1.165, 1.54) is 11.3 Å². The van der Waals surface area contributed by atoms with Crippen molar-refractivity contribution in [2.24, 2.45) is 11.3 Å². The number of ether oxygens (including phenoxy) is 1. The topological polar surface area (TPSA) is 104 Å². The largest absolute Gasteiger partial charge is 0.378 e. The third-order valence-electron chi connectivity index (χ3n) is 5.03. The van der Waals surface area contributed by atoms with Gasteiger partial charge in [0.25, 0.3) is 5.91 Å². The smallest absolute Gasteiger partial charge is 0.289 e. The lowest BCUT2D eigenvalue weighted by Crippen LogP contribution is -2.51. The first kappa shape index (κ1) is 21.5. The number of morpholine rings is 1. The van der Waals surface area contributed by atoms with Crippen LogP contribution in [0.2, 0.25) is 0 Å². The molecule has 0 aliphatic carbocycles. The summed E-state index contributed by atoms with van der Waals surface area (Å²) in [5.41, 5.74) is 4.73. The minimum atomic E-state index is -0.477. The van der Waals surface area contributed by atoms with E-state index in [9.17, 15) is 14.4 Å². The zero-order valence-corrected chi connectivity index (χ0v) is 18.0. The van der Waals surface area contributed by atoms with E-state index in [2.05, 4.69) is 20.7 Å². The van der Waals surface area contributed by atoms with Crippen molar-refractivity contribution in [1.82, 2.24) is 20.7 Å². The Morgan fingerprint density at radius 3 is 2.59 bits per heavy atom. The minimum Gasteiger partial charge on any atom is -0.378 e. The van der Waals surface area contributed by atoms with Crippen molar-refractivity contribution in [2.45, 2.75) is 33.6 Å². The maximum atomic E-state index is 12.5. The fourth-order valence-corrected chi connectivity index (χ4v) is 4.26. The van der Waals surface area contributed by atoms with E-state index in [0.717, 1.165) is 24.6 Å². The molecule has 2 saturated heterocycles. The fraction of sp³-hybridized carbons (Fsp3) is 0.684. The van der Waals surface area contributed by atoms with Gasteiger partial charge in [0.15, 0.2) is 5.13 Å². The van der Waals surface area contributed by atoms with Crippen molar-refractivity contribution in [2.75, 3.05) is 44.3 Å². The van der Waals surface area contributed by atoms with Crippen LogP contribution in [0.1, 0.15) is 44.1 Å². The number of carbonyl (C=O) groups is 3. The number of piperidine rings is 1. The minimum absolute atomic E-state index is 0.0390. The van der Waals surface area contributed by atoms with Crippen molar-refractivity contribution >= 4 is 34.2 Å². The Morgan fingerprint density at radius 2 is 1.90 bits per heavy atom.